The summed E-state index contributed by atoms with van der Waals surface area (Å²) in [6, 6.07) is 10.9. The SMILES string of the molecule is CCOC(=O)c1ccc2c(c1)nc(Nc1nc3ccc(C(C)O)cc3o1)n2C. The number of anilines is 2. The van der Waals surface area contributed by atoms with Crippen LogP contribution in [-0.4, -0.2) is 32.2 Å². The molecule has 28 heavy (non-hydrogen) atoms. The highest BCUT2D eigenvalue weighted by atomic mass is 16.5. The standard InChI is InChI=1S/C20H20N4O4/c1-4-27-18(26)13-6-8-16-15(9-13)21-19(24(16)3)23-20-22-14-7-5-12(11(2)25)10-17(14)28-20/h5-11,25H,4H2,1-3H3,(H,21,22,23). The number of hydrogen-bond donors (Lipinski definition) is 2. The maximum Gasteiger partial charge on any atom is 0.338 e. The number of hydrogen-bond acceptors (Lipinski definition) is 7. The van der Waals surface area contributed by atoms with E-state index in [4.69, 9.17) is 9.15 Å². The monoisotopic (exact) mass is 380 g/mol. The average molecular weight is 380 g/mol. The van der Waals surface area contributed by atoms with Crippen molar-refractivity contribution in [2.24, 2.45) is 7.05 Å². The molecule has 0 aliphatic carbocycles. The summed E-state index contributed by atoms with van der Waals surface area (Å²) >= 11 is 0. The number of aromatic nitrogens is 3. The molecule has 0 fully saturated rings. The lowest BCUT2D eigenvalue weighted by Crippen LogP contribution is -2.04. The second kappa shape index (κ2) is 6.97. The van der Waals surface area contributed by atoms with Gasteiger partial charge in [0.2, 0.25) is 5.95 Å². The van der Waals surface area contributed by atoms with Gasteiger partial charge in [0, 0.05) is 7.05 Å². The molecule has 1 atom stereocenters. The Morgan fingerprint density at radius 1 is 1.25 bits per heavy atom. The summed E-state index contributed by atoms with van der Waals surface area (Å²) in [6.07, 6.45) is -0.584. The molecule has 2 N–H and O–H groups in total. The lowest BCUT2D eigenvalue weighted by Gasteiger charge is -2.02. The molecule has 2 aromatic heterocycles. The minimum absolute atomic E-state index is 0.293. The molecule has 2 aromatic carbocycles. The number of ether oxygens (including phenoxy) is 1. The van der Waals surface area contributed by atoms with Crippen LogP contribution < -0.4 is 5.32 Å². The summed E-state index contributed by atoms with van der Waals surface area (Å²) in [6.45, 7) is 3.78. The van der Waals surface area contributed by atoms with E-state index in [0.29, 0.717) is 40.7 Å². The normalized spacial score (nSPS) is 12.4. The molecule has 0 saturated heterocycles. The van der Waals surface area contributed by atoms with E-state index in [9.17, 15) is 9.90 Å². The molecule has 0 bridgehead atoms. The van der Waals surface area contributed by atoms with Crippen LogP contribution in [0.3, 0.4) is 0 Å². The van der Waals surface area contributed by atoms with Gasteiger partial charge >= 0.3 is 12.0 Å². The Kier molecular flexibility index (Phi) is 4.48. The number of oxazole rings is 1. The third-order valence-electron chi connectivity index (χ3n) is 4.51. The van der Waals surface area contributed by atoms with E-state index in [1.807, 2.05) is 23.7 Å². The van der Waals surface area contributed by atoms with E-state index in [-0.39, 0.29) is 5.97 Å². The van der Waals surface area contributed by atoms with Crippen molar-refractivity contribution in [3.8, 4) is 0 Å². The number of aryl methyl sites for hydroxylation is 1. The predicted octanol–water partition coefficient (Wildman–Crippen LogP) is 3.69. The molecule has 0 saturated carbocycles. The van der Waals surface area contributed by atoms with Crippen LogP contribution in [0.5, 0.6) is 0 Å². The number of carbonyl (C=O) groups is 1. The number of fused-ring (bicyclic) bond motifs is 2. The molecule has 2 heterocycles. The fourth-order valence-corrected chi connectivity index (χ4v) is 3.00. The quantitative estimate of drug-likeness (QED) is 0.509. The summed E-state index contributed by atoms with van der Waals surface area (Å²) in [5.41, 5.74) is 3.96. The Bertz CT molecular complexity index is 1180. The van der Waals surface area contributed by atoms with Crippen LogP contribution in [0.1, 0.15) is 35.9 Å². The van der Waals surface area contributed by atoms with Crippen LogP contribution in [-0.2, 0) is 11.8 Å². The highest BCUT2D eigenvalue weighted by molar-refractivity contribution is 5.94. The predicted molar refractivity (Wildman–Crippen MR) is 105 cm³/mol. The number of imidazole rings is 1. The molecule has 0 radical (unpaired) electrons. The van der Waals surface area contributed by atoms with E-state index >= 15 is 0 Å². The molecular weight excluding hydrogens is 360 g/mol. The number of nitrogens with one attached hydrogen (secondary N) is 1. The van der Waals surface area contributed by atoms with Crippen LogP contribution in [0.4, 0.5) is 12.0 Å². The zero-order valence-electron chi connectivity index (χ0n) is 15.8. The van der Waals surface area contributed by atoms with E-state index in [2.05, 4.69) is 15.3 Å². The molecule has 1 unspecified atom stereocenters. The lowest BCUT2D eigenvalue weighted by atomic mass is 10.1. The highest BCUT2D eigenvalue weighted by Gasteiger charge is 2.15. The van der Waals surface area contributed by atoms with Gasteiger partial charge in [0.15, 0.2) is 5.58 Å². The third-order valence-corrected chi connectivity index (χ3v) is 4.51. The Morgan fingerprint density at radius 2 is 2.07 bits per heavy atom. The minimum Gasteiger partial charge on any atom is -0.462 e. The van der Waals surface area contributed by atoms with Crippen LogP contribution in [0.2, 0.25) is 0 Å². The van der Waals surface area contributed by atoms with Gasteiger partial charge < -0.3 is 18.8 Å². The maximum absolute atomic E-state index is 11.9. The van der Waals surface area contributed by atoms with Gasteiger partial charge in [-0.15, -0.1) is 0 Å². The first kappa shape index (κ1) is 18.0. The van der Waals surface area contributed by atoms with Crippen molar-refractivity contribution < 1.29 is 19.1 Å². The van der Waals surface area contributed by atoms with E-state index in [0.717, 1.165) is 11.1 Å². The summed E-state index contributed by atoms with van der Waals surface area (Å²) in [7, 11) is 1.86. The average Bonchev–Trinajstić information content (AvgIpc) is 3.21. The number of esters is 1. The zero-order chi connectivity index (χ0) is 19.8. The smallest absolute Gasteiger partial charge is 0.338 e. The summed E-state index contributed by atoms with van der Waals surface area (Å²) in [4.78, 5) is 20.9. The van der Waals surface area contributed by atoms with Gasteiger partial charge in [-0.3, -0.25) is 5.32 Å². The Balaban J connectivity index is 1.66. The van der Waals surface area contributed by atoms with Gasteiger partial charge in [0.1, 0.15) is 5.52 Å². The third kappa shape index (κ3) is 3.18. The fourth-order valence-electron chi connectivity index (χ4n) is 3.00. The molecule has 0 aliphatic rings. The molecule has 8 heteroatoms. The zero-order valence-corrected chi connectivity index (χ0v) is 15.8. The fraction of sp³-hybridized carbons (Fsp3) is 0.250. The number of aliphatic hydroxyl groups is 1. The van der Waals surface area contributed by atoms with Gasteiger partial charge in [-0.1, -0.05) is 6.07 Å². The van der Waals surface area contributed by atoms with E-state index in [1.165, 1.54) is 0 Å². The van der Waals surface area contributed by atoms with Gasteiger partial charge in [0.25, 0.3) is 0 Å². The van der Waals surface area contributed by atoms with Crippen molar-refractivity contribution in [2.75, 3.05) is 11.9 Å². The molecule has 144 valence electrons. The van der Waals surface area contributed by atoms with Crippen molar-refractivity contribution >= 4 is 40.1 Å². The van der Waals surface area contributed by atoms with Crippen molar-refractivity contribution in [1.29, 1.82) is 0 Å². The summed E-state index contributed by atoms with van der Waals surface area (Å²) in [5, 5.41) is 12.8. The number of aliphatic hydroxyl groups excluding tert-OH is 1. The molecule has 0 aliphatic heterocycles. The molecular formula is C20H20N4O4. The van der Waals surface area contributed by atoms with Crippen LogP contribution in [0.25, 0.3) is 22.1 Å². The Hall–Kier alpha value is -3.39. The topological polar surface area (TPSA) is 102 Å². The molecule has 0 spiro atoms. The lowest BCUT2D eigenvalue weighted by molar-refractivity contribution is 0.0526. The van der Waals surface area contributed by atoms with Crippen LogP contribution in [0, 0.1) is 0 Å². The molecule has 4 aromatic rings. The van der Waals surface area contributed by atoms with Crippen LogP contribution >= 0.6 is 0 Å². The van der Waals surface area contributed by atoms with E-state index in [1.54, 1.807) is 38.1 Å². The van der Waals surface area contributed by atoms with Crippen molar-refractivity contribution in [1.82, 2.24) is 14.5 Å². The van der Waals surface area contributed by atoms with Crippen LogP contribution in [0.15, 0.2) is 40.8 Å². The van der Waals surface area contributed by atoms with Crippen molar-refractivity contribution in [2.45, 2.75) is 20.0 Å². The second-order valence-corrected chi connectivity index (χ2v) is 6.47. The maximum atomic E-state index is 11.9. The first-order chi connectivity index (χ1) is 13.5. The number of nitrogens with zero attached hydrogens (tertiary/aromatic N) is 3. The van der Waals surface area contributed by atoms with E-state index < -0.39 is 6.10 Å². The van der Waals surface area contributed by atoms with Gasteiger partial charge in [0.05, 0.1) is 29.3 Å². The Labute approximate surface area is 160 Å². The molecule has 0 amide bonds. The number of benzene rings is 2. The van der Waals surface area contributed by atoms with Gasteiger partial charge in [-0.05, 0) is 49.7 Å². The Morgan fingerprint density at radius 3 is 2.82 bits per heavy atom. The van der Waals surface area contributed by atoms with Gasteiger partial charge in [-0.2, -0.15) is 4.98 Å². The summed E-state index contributed by atoms with van der Waals surface area (Å²) < 4.78 is 12.6. The summed E-state index contributed by atoms with van der Waals surface area (Å²) in [5.74, 6) is 0.149. The number of carbonyl (C=O) groups excluding carboxylic acids is 1. The van der Waals surface area contributed by atoms with Crippen molar-refractivity contribution in [3.63, 3.8) is 0 Å². The van der Waals surface area contributed by atoms with Crippen molar-refractivity contribution in [3.05, 3.63) is 47.5 Å². The molecule has 4 rings (SSSR count). The minimum atomic E-state index is -0.584. The number of rotatable bonds is 5. The van der Waals surface area contributed by atoms with Gasteiger partial charge in [-0.25, -0.2) is 9.78 Å². The first-order valence-corrected chi connectivity index (χ1v) is 8.95. The highest BCUT2D eigenvalue weighted by Crippen LogP contribution is 2.26. The second-order valence-electron chi connectivity index (χ2n) is 6.47. The molecule has 8 nitrogen and oxygen atoms in total. The largest absolute Gasteiger partial charge is 0.462 e. The first-order valence-electron chi connectivity index (χ1n) is 8.95.